The average molecular weight is 473 g/mol. The van der Waals surface area contributed by atoms with Crippen molar-refractivity contribution >= 4 is 28.6 Å². The highest BCUT2D eigenvalue weighted by Gasteiger charge is 2.31. The molecule has 2 N–H and O–H groups in total. The number of oxazole rings is 1. The number of nitrogens with one attached hydrogen (secondary N) is 2. The normalized spacial score (nSPS) is 14.6. The van der Waals surface area contributed by atoms with E-state index in [2.05, 4.69) is 21.4 Å². The molecule has 1 aliphatic heterocycles. The number of anilines is 1. The van der Waals surface area contributed by atoms with Crippen LogP contribution in [-0.2, 0) is 16.0 Å². The van der Waals surface area contributed by atoms with Crippen molar-refractivity contribution < 1.29 is 18.4 Å². The highest BCUT2D eigenvalue weighted by Crippen LogP contribution is 2.29. The zero-order valence-electron chi connectivity index (χ0n) is 19.2. The summed E-state index contributed by atoms with van der Waals surface area (Å²) in [5, 5.41) is 13.4. The van der Waals surface area contributed by atoms with Crippen LogP contribution in [0.2, 0.25) is 0 Å². The van der Waals surface area contributed by atoms with E-state index in [1.54, 1.807) is 17.0 Å². The molecule has 0 spiro atoms. The van der Waals surface area contributed by atoms with Gasteiger partial charge in [-0.2, -0.15) is 10.2 Å². The molecule has 35 heavy (non-hydrogen) atoms. The summed E-state index contributed by atoms with van der Waals surface area (Å²) in [7, 11) is 0. The van der Waals surface area contributed by atoms with E-state index in [9.17, 15) is 14.9 Å². The molecule has 4 aromatic rings. The number of hydrogen-bond donors (Lipinski definition) is 2. The molecule has 10 nitrogen and oxygen atoms in total. The fraction of sp³-hybridized carbons (Fsp3) is 0.280. The largest absolute Gasteiger partial charge is 0.459 e. The molecule has 5 rings (SSSR count). The van der Waals surface area contributed by atoms with Gasteiger partial charge in [0, 0.05) is 56.6 Å². The van der Waals surface area contributed by atoms with E-state index >= 15 is 0 Å². The van der Waals surface area contributed by atoms with Crippen LogP contribution in [0.3, 0.4) is 0 Å². The minimum Gasteiger partial charge on any atom is -0.459 e. The number of rotatable bonds is 6. The lowest BCUT2D eigenvalue weighted by Crippen LogP contribution is -2.55. The molecule has 1 fully saturated rings. The number of aromatic amines is 1. The van der Waals surface area contributed by atoms with Crippen molar-refractivity contribution in [2.24, 2.45) is 0 Å². The fourth-order valence-electron chi connectivity index (χ4n) is 4.42. The van der Waals surface area contributed by atoms with Gasteiger partial charge in [0.1, 0.15) is 12.1 Å². The summed E-state index contributed by atoms with van der Waals surface area (Å²) < 4.78 is 11.2. The number of nitriles is 1. The van der Waals surface area contributed by atoms with E-state index in [0.29, 0.717) is 44.2 Å². The number of H-pyrrole nitrogens is 1. The number of benzene rings is 1. The van der Waals surface area contributed by atoms with Crippen molar-refractivity contribution in [1.82, 2.24) is 20.2 Å². The second-order valence-corrected chi connectivity index (χ2v) is 8.39. The van der Waals surface area contributed by atoms with Crippen molar-refractivity contribution in [1.29, 1.82) is 5.26 Å². The molecule has 0 radical (unpaired) electrons. The maximum Gasteiger partial charge on any atom is 0.266 e. The van der Waals surface area contributed by atoms with Gasteiger partial charge < -0.3 is 28.9 Å². The first-order valence-corrected chi connectivity index (χ1v) is 11.3. The smallest absolute Gasteiger partial charge is 0.266 e. The zero-order chi connectivity index (χ0) is 24.4. The molecule has 0 aliphatic carbocycles. The third-order valence-electron chi connectivity index (χ3n) is 6.10. The second kappa shape index (κ2) is 9.38. The summed E-state index contributed by atoms with van der Waals surface area (Å²) in [6, 6.07) is 12.7. The number of hydrogen-bond acceptors (Lipinski definition) is 7. The summed E-state index contributed by atoms with van der Waals surface area (Å²) in [5.41, 5.74) is 2.13. The lowest BCUT2D eigenvalue weighted by atomic mass is 10.0. The van der Waals surface area contributed by atoms with Crippen LogP contribution in [0.5, 0.6) is 0 Å². The van der Waals surface area contributed by atoms with Crippen LogP contribution in [0, 0.1) is 11.3 Å². The SMILES string of the molecule is CC(=O)NC(Cc1c[nH]c2ccccc12)C(=O)N1CCN(c2oc(-c3ccco3)nc2C#N)CC1. The second-order valence-electron chi connectivity index (χ2n) is 8.39. The van der Waals surface area contributed by atoms with Crippen LogP contribution in [0.1, 0.15) is 18.2 Å². The number of para-hydroxylation sites is 1. The Morgan fingerprint density at radius 2 is 2.00 bits per heavy atom. The monoisotopic (exact) mass is 472 g/mol. The summed E-state index contributed by atoms with van der Waals surface area (Å²) in [6.07, 6.45) is 3.78. The number of fused-ring (bicyclic) bond motifs is 1. The van der Waals surface area contributed by atoms with Gasteiger partial charge in [-0.05, 0) is 23.8 Å². The Morgan fingerprint density at radius 3 is 2.71 bits per heavy atom. The summed E-state index contributed by atoms with van der Waals surface area (Å²) in [5.74, 6) is 0.650. The molecule has 2 amide bonds. The average Bonchev–Trinajstić information content (AvgIpc) is 3.63. The Hall–Kier alpha value is -4.52. The van der Waals surface area contributed by atoms with Crippen LogP contribution in [0.25, 0.3) is 22.6 Å². The molecule has 10 heteroatoms. The van der Waals surface area contributed by atoms with Crippen LogP contribution in [-0.4, -0.2) is 58.9 Å². The first-order chi connectivity index (χ1) is 17.0. The topological polar surface area (TPSA) is 131 Å². The molecule has 4 heterocycles. The number of piperazine rings is 1. The van der Waals surface area contributed by atoms with E-state index in [0.717, 1.165) is 16.5 Å². The number of nitrogens with zero attached hydrogens (tertiary/aromatic N) is 4. The van der Waals surface area contributed by atoms with Gasteiger partial charge in [-0.15, -0.1) is 0 Å². The van der Waals surface area contributed by atoms with Crippen LogP contribution in [0.15, 0.2) is 57.7 Å². The van der Waals surface area contributed by atoms with E-state index in [4.69, 9.17) is 8.83 Å². The molecule has 178 valence electrons. The number of aromatic nitrogens is 2. The van der Waals surface area contributed by atoms with Crippen LogP contribution >= 0.6 is 0 Å². The third kappa shape index (κ3) is 4.48. The maximum absolute atomic E-state index is 13.4. The van der Waals surface area contributed by atoms with Crippen LogP contribution in [0.4, 0.5) is 5.88 Å². The first kappa shape index (κ1) is 22.3. The number of carbonyl (C=O) groups is 2. The molecule has 0 saturated carbocycles. The lowest BCUT2D eigenvalue weighted by molar-refractivity contribution is -0.136. The van der Waals surface area contributed by atoms with Gasteiger partial charge in [0.25, 0.3) is 5.89 Å². The van der Waals surface area contributed by atoms with Gasteiger partial charge in [-0.1, -0.05) is 18.2 Å². The Bertz CT molecular complexity index is 1390. The molecule has 1 atom stereocenters. The third-order valence-corrected chi connectivity index (χ3v) is 6.10. The van der Waals surface area contributed by atoms with Crippen molar-refractivity contribution in [3.63, 3.8) is 0 Å². The van der Waals surface area contributed by atoms with Crippen molar-refractivity contribution in [2.45, 2.75) is 19.4 Å². The van der Waals surface area contributed by atoms with Gasteiger partial charge >= 0.3 is 0 Å². The Kier molecular flexibility index (Phi) is 5.97. The van der Waals surface area contributed by atoms with Gasteiger partial charge in [0.2, 0.25) is 23.4 Å². The highest BCUT2D eigenvalue weighted by atomic mass is 16.4. The Morgan fingerprint density at radius 1 is 1.20 bits per heavy atom. The molecule has 3 aromatic heterocycles. The standard InChI is InChI=1S/C25H24N6O4/c1-16(32)28-20(13-17-15-27-19-6-3-2-5-18(17)19)24(33)30-8-10-31(11-9-30)25-21(14-26)29-23(35-25)22-7-4-12-34-22/h2-7,12,15,20,27H,8-11,13H2,1H3,(H,28,32). The first-order valence-electron chi connectivity index (χ1n) is 11.3. The Labute approximate surface area is 201 Å². The highest BCUT2D eigenvalue weighted by molar-refractivity contribution is 5.89. The molecule has 0 bridgehead atoms. The molecule has 1 aliphatic rings. The predicted octanol–water partition coefficient (Wildman–Crippen LogP) is 2.68. The number of carbonyl (C=O) groups excluding carboxylic acids is 2. The van der Waals surface area contributed by atoms with Crippen LogP contribution < -0.4 is 10.2 Å². The molecule has 1 unspecified atom stereocenters. The number of furan rings is 1. The quantitative estimate of drug-likeness (QED) is 0.441. The van der Waals surface area contributed by atoms with Gasteiger partial charge in [0.05, 0.1) is 6.26 Å². The zero-order valence-corrected chi connectivity index (χ0v) is 19.2. The van der Waals surface area contributed by atoms with Gasteiger partial charge in [-0.25, -0.2) is 0 Å². The Balaban J connectivity index is 1.29. The van der Waals surface area contributed by atoms with E-state index in [-0.39, 0.29) is 23.4 Å². The van der Waals surface area contributed by atoms with Crippen molar-refractivity contribution in [2.75, 3.05) is 31.1 Å². The summed E-state index contributed by atoms with van der Waals surface area (Å²) in [6.45, 7) is 3.19. The predicted molar refractivity (Wildman–Crippen MR) is 127 cm³/mol. The fourth-order valence-corrected chi connectivity index (χ4v) is 4.42. The minimum absolute atomic E-state index is 0.139. The summed E-state index contributed by atoms with van der Waals surface area (Å²) >= 11 is 0. The minimum atomic E-state index is -0.677. The van der Waals surface area contributed by atoms with Crippen molar-refractivity contribution in [3.05, 3.63) is 60.1 Å². The maximum atomic E-state index is 13.4. The molecular formula is C25H24N6O4. The number of amides is 2. The molecule has 1 aromatic carbocycles. The van der Waals surface area contributed by atoms with Gasteiger partial charge in [0.15, 0.2) is 5.76 Å². The van der Waals surface area contributed by atoms with E-state index in [1.165, 1.54) is 13.2 Å². The molecule has 1 saturated heterocycles. The van der Waals surface area contributed by atoms with Gasteiger partial charge in [-0.3, -0.25) is 9.59 Å². The summed E-state index contributed by atoms with van der Waals surface area (Å²) in [4.78, 5) is 36.4. The lowest BCUT2D eigenvalue weighted by Gasteiger charge is -2.36. The van der Waals surface area contributed by atoms with E-state index < -0.39 is 6.04 Å². The van der Waals surface area contributed by atoms with Crippen molar-refractivity contribution in [3.8, 4) is 17.7 Å². The molecular weight excluding hydrogens is 448 g/mol. The van der Waals surface area contributed by atoms with E-state index in [1.807, 2.05) is 35.4 Å².